The van der Waals surface area contributed by atoms with Gasteiger partial charge in [0.05, 0.1) is 25.0 Å². The molecule has 2 aromatic rings. The van der Waals surface area contributed by atoms with E-state index in [1.807, 2.05) is 12.2 Å². The van der Waals surface area contributed by atoms with Gasteiger partial charge in [-0.15, -0.1) is 0 Å². The number of aryl methyl sites for hydroxylation is 2. The van der Waals surface area contributed by atoms with Gasteiger partial charge < -0.3 is 14.5 Å². The molecule has 0 atom stereocenters. The minimum absolute atomic E-state index is 0.141. The topological polar surface area (TPSA) is 46.6 Å². The normalized spacial score (nSPS) is 15.9. The average molecular weight is 364 g/mol. The quantitative estimate of drug-likeness (QED) is 0.780. The van der Waals surface area contributed by atoms with E-state index >= 15 is 0 Å². The number of allylic oxidation sites excluding steroid dienone is 1. The van der Waals surface area contributed by atoms with Crippen LogP contribution in [0.3, 0.4) is 0 Å². The fourth-order valence-corrected chi connectivity index (χ4v) is 2.94. The molecular weight excluding hydrogens is 336 g/mol. The first-order chi connectivity index (χ1) is 12.7. The summed E-state index contributed by atoms with van der Waals surface area (Å²) in [5.74, 6) is 0.775. The number of nitrogens with one attached hydrogen (secondary N) is 1. The first kappa shape index (κ1) is 19.2. The van der Waals surface area contributed by atoms with Crippen molar-refractivity contribution >= 4 is 11.8 Å². The largest absolute Gasteiger partial charge is 0.494 e. The molecule has 0 saturated carbocycles. The molecule has 4 nitrogen and oxygen atoms in total. The lowest BCUT2D eigenvalue weighted by Gasteiger charge is -2.19. The smallest absolute Gasteiger partial charge is 0.146 e. The summed E-state index contributed by atoms with van der Waals surface area (Å²) < 4.78 is 11.4. The van der Waals surface area contributed by atoms with Gasteiger partial charge in [0, 0.05) is 23.0 Å². The van der Waals surface area contributed by atoms with Crippen molar-refractivity contribution in [3.05, 3.63) is 75.9 Å². The number of aromatic amines is 1. The number of aromatic nitrogens is 1. The summed E-state index contributed by atoms with van der Waals surface area (Å²) in [6.45, 7) is 10.9. The van der Waals surface area contributed by atoms with Gasteiger partial charge in [-0.2, -0.15) is 0 Å². The van der Waals surface area contributed by atoms with E-state index in [1.54, 1.807) is 7.11 Å². The third kappa shape index (κ3) is 4.77. The summed E-state index contributed by atoms with van der Waals surface area (Å²) >= 11 is 0. The minimum atomic E-state index is -0.141. The maximum absolute atomic E-state index is 5.84. The van der Waals surface area contributed by atoms with Gasteiger partial charge in [-0.25, -0.2) is 4.99 Å². The Bertz CT molecular complexity index is 907. The number of nitrogens with zero attached hydrogens (tertiary/aromatic N) is 1. The predicted octanol–water partition coefficient (Wildman–Crippen LogP) is 5.32. The van der Waals surface area contributed by atoms with Crippen LogP contribution < -0.4 is 0 Å². The molecule has 1 aromatic carbocycles. The number of rotatable bonds is 5. The van der Waals surface area contributed by atoms with Crippen molar-refractivity contribution in [3.63, 3.8) is 0 Å². The zero-order valence-corrected chi connectivity index (χ0v) is 17.0. The second-order valence-electron chi connectivity index (χ2n) is 7.89. The van der Waals surface area contributed by atoms with Gasteiger partial charge in [-0.1, -0.05) is 24.3 Å². The Labute approximate surface area is 161 Å². The summed E-state index contributed by atoms with van der Waals surface area (Å²) in [6, 6.07) is 10.5. The third-order valence-electron chi connectivity index (χ3n) is 4.37. The third-order valence-corrected chi connectivity index (χ3v) is 4.37. The van der Waals surface area contributed by atoms with Crippen molar-refractivity contribution in [1.82, 2.24) is 4.98 Å². The Kier molecular flexibility index (Phi) is 5.38. The molecule has 1 aliphatic rings. The minimum Gasteiger partial charge on any atom is -0.494 e. The zero-order chi connectivity index (χ0) is 19.6. The lowest BCUT2D eigenvalue weighted by molar-refractivity contribution is -0.0149. The highest BCUT2D eigenvalue weighted by atomic mass is 16.5. The number of hydrogen-bond donors (Lipinski definition) is 1. The molecule has 0 saturated heterocycles. The number of methoxy groups -OCH3 is 1. The SMILES string of the molecule is COC1=CC(c2ccc(COC(C)(C)C)cc2)=N/C1=C/c1[nH]c(C)cc1C. The Morgan fingerprint density at radius 3 is 2.37 bits per heavy atom. The van der Waals surface area contributed by atoms with Crippen molar-refractivity contribution < 1.29 is 9.47 Å². The number of aliphatic imine (C=N–C) groups is 1. The molecule has 3 rings (SSSR count). The van der Waals surface area contributed by atoms with Gasteiger partial charge in [-0.3, -0.25) is 0 Å². The van der Waals surface area contributed by atoms with E-state index in [2.05, 4.69) is 69.9 Å². The van der Waals surface area contributed by atoms with Crippen molar-refractivity contribution in [1.29, 1.82) is 0 Å². The molecule has 0 unspecified atom stereocenters. The number of H-pyrrole nitrogens is 1. The van der Waals surface area contributed by atoms with Crippen LogP contribution in [0.5, 0.6) is 0 Å². The Balaban J connectivity index is 1.82. The average Bonchev–Trinajstić information content (AvgIpc) is 3.16. The van der Waals surface area contributed by atoms with Gasteiger partial charge in [0.1, 0.15) is 11.5 Å². The zero-order valence-electron chi connectivity index (χ0n) is 17.0. The molecule has 0 aliphatic carbocycles. The molecule has 0 amide bonds. The van der Waals surface area contributed by atoms with Crippen LogP contribution in [0.2, 0.25) is 0 Å². The molecule has 1 aliphatic heterocycles. The van der Waals surface area contributed by atoms with Crippen LogP contribution in [0.1, 0.15) is 48.8 Å². The fourth-order valence-electron chi connectivity index (χ4n) is 2.94. The lowest BCUT2D eigenvalue weighted by atomic mass is 10.1. The van der Waals surface area contributed by atoms with Gasteiger partial charge in [0.25, 0.3) is 0 Å². The highest BCUT2D eigenvalue weighted by Gasteiger charge is 2.17. The van der Waals surface area contributed by atoms with E-state index in [4.69, 9.17) is 14.5 Å². The summed E-state index contributed by atoms with van der Waals surface area (Å²) in [4.78, 5) is 8.14. The standard InChI is InChI=1S/C23H28N2O2/c1-15-11-16(2)24-19(15)12-21-22(26-6)13-20(25-21)18-9-7-17(8-10-18)14-27-23(3,4)5/h7-13,24H,14H2,1-6H3/b21-12+. The predicted molar refractivity (Wildman–Crippen MR) is 111 cm³/mol. The fraction of sp³-hybridized carbons (Fsp3) is 0.348. The van der Waals surface area contributed by atoms with Crippen LogP contribution in [0.15, 0.2) is 52.9 Å². The first-order valence-electron chi connectivity index (χ1n) is 9.21. The number of benzene rings is 1. The van der Waals surface area contributed by atoms with E-state index in [0.29, 0.717) is 6.61 Å². The molecule has 0 radical (unpaired) electrons. The van der Waals surface area contributed by atoms with Crippen LogP contribution in [0.25, 0.3) is 6.08 Å². The maximum Gasteiger partial charge on any atom is 0.146 e. The Morgan fingerprint density at radius 2 is 1.81 bits per heavy atom. The molecule has 0 spiro atoms. The summed E-state index contributed by atoms with van der Waals surface area (Å²) in [7, 11) is 1.68. The first-order valence-corrected chi connectivity index (χ1v) is 9.21. The van der Waals surface area contributed by atoms with E-state index in [9.17, 15) is 0 Å². The van der Waals surface area contributed by atoms with E-state index in [0.717, 1.165) is 39.7 Å². The van der Waals surface area contributed by atoms with Crippen molar-refractivity contribution in [2.75, 3.05) is 7.11 Å². The summed E-state index contributed by atoms with van der Waals surface area (Å²) in [5.41, 5.74) is 7.20. The lowest BCUT2D eigenvalue weighted by Crippen LogP contribution is -2.18. The summed E-state index contributed by atoms with van der Waals surface area (Å²) in [5, 5.41) is 0. The molecule has 1 aromatic heterocycles. The highest BCUT2D eigenvalue weighted by Crippen LogP contribution is 2.26. The Hall–Kier alpha value is -2.59. The second-order valence-corrected chi connectivity index (χ2v) is 7.89. The molecule has 142 valence electrons. The van der Waals surface area contributed by atoms with Crippen molar-refractivity contribution in [2.24, 2.45) is 4.99 Å². The molecule has 0 bridgehead atoms. The Morgan fingerprint density at radius 1 is 1.11 bits per heavy atom. The van der Waals surface area contributed by atoms with E-state index < -0.39 is 0 Å². The van der Waals surface area contributed by atoms with Crippen LogP contribution in [-0.2, 0) is 16.1 Å². The second kappa shape index (κ2) is 7.57. The maximum atomic E-state index is 5.84. The van der Waals surface area contributed by atoms with E-state index in [-0.39, 0.29) is 5.60 Å². The number of hydrogen-bond acceptors (Lipinski definition) is 3. The summed E-state index contributed by atoms with van der Waals surface area (Å²) in [6.07, 6.45) is 4.02. The van der Waals surface area contributed by atoms with Crippen LogP contribution in [0, 0.1) is 13.8 Å². The van der Waals surface area contributed by atoms with Crippen LogP contribution in [-0.4, -0.2) is 23.4 Å². The van der Waals surface area contributed by atoms with E-state index in [1.165, 1.54) is 5.56 Å². The highest BCUT2D eigenvalue weighted by molar-refractivity contribution is 6.12. The van der Waals surface area contributed by atoms with Gasteiger partial charge in [0.15, 0.2) is 0 Å². The van der Waals surface area contributed by atoms with Gasteiger partial charge >= 0.3 is 0 Å². The molecular formula is C23H28N2O2. The van der Waals surface area contributed by atoms with Crippen LogP contribution in [0.4, 0.5) is 0 Å². The molecule has 27 heavy (non-hydrogen) atoms. The molecule has 2 heterocycles. The monoisotopic (exact) mass is 364 g/mol. The number of ether oxygens (including phenoxy) is 2. The molecule has 1 N–H and O–H groups in total. The van der Waals surface area contributed by atoms with Crippen molar-refractivity contribution in [3.8, 4) is 0 Å². The van der Waals surface area contributed by atoms with Gasteiger partial charge in [-0.05, 0) is 57.9 Å². The molecule has 0 fully saturated rings. The van der Waals surface area contributed by atoms with Gasteiger partial charge in [0.2, 0.25) is 0 Å². The molecule has 4 heteroatoms. The van der Waals surface area contributed by atoms with Crippen LogP contribution >= 0.6 is 0 Å². The van der Waals surface area contributed by atoms with Crippen molar-refractivity contribution in [2.45, 2.75) is 46.8 Å².